The molecule has 2 atom stereocenters. The van der Waals surface area contributed by atoms with Crippen molar-refractivity contribution in [2.75, 3.05) is 0 Å². The minimum atomic E-state index is -0.723. The van der Waals surface area contributed by atoms with E-state index in [1.165, 1.54) is 18.9 Å². The number of benzene rings is 1. The number of Topliss-reactive ketones (excluding diaryl/α,β-unsaturated/α-hetero) is 1. The van der Waals surface area contributed by atoms with E-state index in [4.69, 9.17) is 0 Å². The highest BCUT2D eigenvalue weighted by atomic mass is 32.2. The SMILES string of the molecule is Cc1cc(C(=O)C2CC3CCC(C2)S3)c(F)cc1F. The lowest BCUT2D eigenvalue weighted by atomic mass is 9.89. The number of rotatable bonds is 2. The highest BCUT2D eigenvalue weighted by Crippen LogP contribution is 2.46. The first kappa shape index (κ1) is 13.1. The summed E-state index contributed by atoms with van der Waals surface area (Å²) in [5, 5.41) is 1.11. The Hall–Kier alpha value is -0.900. The van der Waals surface area contributed by atoms with Crippen molar-refractivity contribution in [1.82, 2.24) is 0 Å². The maximum absolute atomic E-state index is 13.8. The van der Waals surface area contributed by atoms with Crippen molar-refractivity contribution in [2.24, 2.45) is 5.92 Å². The van der Waals surface area contributed by atoms with Gasteiger partial charge in [0.15, 0.2) is 5.78 Å². The van der Waals surface area contributed by atoms with E-state index >= 15 is 0 Å². The fourth-order valence-electron chi connectivity index (χ4n) is 3.14. The standard InChI is InChI=1S/C15H16F2OS/c1-8-4-12(14(17)7-13(8)16)15(18)9-5-10-2-3-11(6-9)19-10/h4,7,9-11H,2-3,5-6H2,1H3. The molecule has 0 saturated carbocycles. The predicted octanol–water partition coefficient (Wildman–Crippen LogP) is 4.13. The fraction of sp³-hybridized carbons (Fsp3) is 0.533. The highest BCUT2D eigenvalue weighted by molar-refractivity contribution is 8.00. The van der Waals surface area contributed by atoms with Crippen molar-refractivity contribution in [3.05, 3.63) is 34.9 Å². The summed E-state index contributed by atoms with van der Waals surface area (Å²) in [6, 6.07) is 2.19. The lowest BCUT2D eigenvalue weighted by Crippen LogP contribution is -2.25. The third-order valence-electron chi connectivity index (χ3n) is 4.17. The van der Waals surface area contributed by atoms with Gasteiger partial charge in [0.05, 0.1) is 5.56 Å². The van der Waals surface area contributed by atoms with Crippen LogP contribution >= 0.6 is 11.8 Å². The van der Waals surface area contributed by atoms with Crippen LogP contribution < -0.4 is 0 Å². The summed E-state index contributed by atoms with van der Waals surface area (Å²) in [5.74, 6) is -1.54. The molecule has 3 rings (SSSR count). The average Bonchev–Trinajstić information content (AvgIpc) is 2.72. The maximum Gasteiger partial charge on any atom is 0.168 e. The molecule has 19 heavy (non-hydrogen) atoms. The Labute approximate surface area is 115 Å². The summed E-state index contributed by atoms with van der Waals surface area (Å²) in [6.07, 6.45) is 4.03. The van der Waals surface area contributed by atoms with Crippen LogP contribution in [-0.2, 0) is 0 Å². The zero-order chi connectivity index (χ0) is 13.6. The predicted molar refractivity (Wildman–Crippen MR) is 72.6 cm³/mol. The van der Waals surface area contributed by atoms with Crippen molar-refractivity contribution in [1.29, 1.82) is 0 Å². The molecule has 2 bridgehead atoms. The van der Waals surface area contributed by atoms with Crippen molar-refractivity contribution in [3.8, 4) is 0 Å². The molecule has 4 heteroatoms. The lowest BCUT2D eigenvalue weighted by Gasteiger charge is -2.26. The molecule has 1 aromatic carbocycles. The minimum Gasteiger partial charge on any atom is -0.294 e. The van der Waals surface area contributed by atoms with Gasteiger partial charge in [-0.2, -0.15) is 11.8 Å². The number of thioether (sulfide) groups is 1. The summed E-state index contributed by atoms with van der Waals surface area (Å²) in [7, 11) is 0. The number of aryl methyl sites for hydroxylation is 1. The molecule has 2 unspecified atom stereocenters. The molecule has 102 valence electrons. The van der Waals surface area contributed by atoms with E-state index in [0.29, 0.717) is 16.1 Å². The van der Waals surface area contributed by atoms with Crippen LogP contribution in [0.5, 0.6) is 0 Å². The topological polar surface area (TPSA) is 17.1 Å². The second-order valence-electron chi connectivity index (χ2n) is 5.57. The second kappa shape index (κ2) is 4.89. The summed E-state index contributed by atoms with van der Waals surface area (Å²) in [6.45, 7) is 1.56. The van der Waals surface area contributed by atoms with Crippen LogP contribution in [0, 0.1) is 24.5 Å². The third kappa shape index (κ3) is 2.42. The Bertz CT molecular complexity index is 517. The van der Waals surface area contributed by atoms with Gasteiger partial charge >= 0.3 is 0 Å². The molecule has 2 aliphatic heterocycles. The van der Waals surface area contributed by atoms with Gasteiger partial charge in [-0.3, -0.25) is 4.79 Å². The fourth-order valence-corrected chi connectivity index (χ4v) is 4.91. The Morgan fingerprint density at radius 2 is 1.79 bits per heavy atom. The van der Waals surface area contributed by atoms with E-state index in [-0.39, 0.29) is 17.3 Å². The Morgan fingerprint density at radius 1 is 1.16 bits per heavy atom. The first-order valence-corrected chi connectivity index (χ1v) is 7.64. The van der Waals surface area contributed by atoms with Crippen LogP contribution in [0.3, 0.4) is 0 Å². The number of carbonyl (C=O) groups is 1. The zero-order valence-electron chi connectivity index (χ0n) is 10.8. The largest absolute Gasteiger partial charge is 0.294 e. The Kier molecular flexibility index (Phi) is 3.37. The quantitative estimate of drug-likeness (QED) is 0.759. The van der Waals surface area contributed by atoms with Crippen LogP contribution in [0.15, 0.2) is 12.1 Å². The lowest BCUT2D eigenvalue weighted by molar-refractivity contribution is 0.0902. The van der Waals surface area contributed by atoms with Crippen LogP contribution in [0.2, 0.25) is 0 Å². The molecule has 0 aliphatic carbocycles. The smallest absolute Gasteiger partial charge is 0.168 e. The molecule has 1 nitrogen and oxygen atoms in total. The summed E-state index contributed by atoms with van der Waals surface area (Å²) < 4.78 is 27.0. The van der Waals surface area contributed by atoms with Crippen LogP contribution in [-0.4, -0.2) is 16.3 Å². The van der Waals surface area contributed by atoms with Gasteiger partial charge in [-0.1, -0.05) is 0 Å². The van der Waals surface area contributed by atoms with E-state index in [0.717, 1.165) is 18.9 Å². The van der Waals surface area contributed by atoms with Gasteiger partial charge in [0.1, 0.15) is 11.6 Å². The molecular weight excluding hydrogens is 266 g/mol. The molecule has 0 N–H and O–H groups in total. The van der Waals surface area contributed by atoms with Crippen molar-refractivity contribution >= 4 is 17.5 Å². The Morgan fingerprint density at radius 3 is 2.42 bits per heavy atom. The van der Waals surface area contributed by atoms with Gasteiger partial charge in [0.2, 0.25) is 0 Å². The second-order valence-corrected chi connectivity index (χ2v) is 7.18. The third-order valence-corrected chi connectivity index (χ3v) is 5.80. The van der Waals surface area contributed by atoms with E-state index in [9.17, 15) is 13.6 Å². The molecule has 0 radical (unpaired) electrons. The van der Waals surface area contributed by atoms with E-state index in [2.05, 4.69) is 0 Å². The molecule has 0 spiro atoms. The van der Waals surface area contributed by atoms with Crippen LogP contribution in [0.25, 0.3) is 0 Å². The molecular formula is C15H16F2OS. The molecule has 0 amide bonds. The molecule has 2 heterocycles. The number of hydrogen-bond donors (Lipinski definition) is 0. The van der Waals surface area contributed by atoms with E-state index in [1.807, 2.05) is 11.8 Å². The number of ketones is 1. The summed E-state index contributed by atoms with van der Waals surface area (Å²) in [4.78, 5) is 12.4. The normalized spacial score (nSPS) is 29.5. The maximum atomic E-state index is 13.8. The molecule has 2 saturated heterocycles. The van der Waals surface area contributed by atoms with Crippen LogP contribution in [0.1, 0.15) is 41.6 Å². The molecule has 2 fully saturated rings. The van der Waals surface area contributed by atoms with Gasteiger partial charge in [-0.05, 0) is 44.2 Å². The molecule has 2 aliphatic rings. The first-order chi connectivity index (χ1) is 9.04. The number of halogens is 2. The Balaban J connectivity index is 1.86. The zero-order valence-corrected chi connectivity index (χ0v) is 11.6. The summed E-state index contributed by atoms with van der Waals surface area (Å²) >= 11 is 1.97. The summed E-state index contributed by atoms with van der Waals surface area (Å²) in [5.41, 5.74) is 0.396. The minimum absolute atomic E-state index is 0.0650. The monoisotopic (exact) mass is 282 g/mol. The van der Waals surface area contributed by atoms with Crippen molar-refractivity contribution in [2.45, 2.75) is 43.1 Å². The van der Waals surface area contributed by atoms with Gasteiger partial charge in [-0.25, -0.2) is 8.78 Å². The van der Waals surface area contributed by atoms with Crippen molar-refractivity contribution in [3.63, 3.8) is 0 Å². The van der Waals surface area contributed by atoms with Crippen molar-refractivity contribution < 1.29 is 13.6 Å². The average molecular weight is 282 g/mol. The van der Waals surface area contributed by atoms with E-state index in [1.54, 1.807) is 6.92 Å². The van der Waals surface area contributed by atoms with Gasteiger partial charge < -0.3 is 0 Å². The van der Waals surface area contributed by atoms with E-state index < -0.39 is 11.6 Å². The number of carbonyl (C=O) groups excluding carboxylic acids is 1. The van der Waals surface area contributed by atoms with Gasteiger partial charge in [-0.15, -0.1) is 0 Å². The highest BCUT2D eigenvalue weighted by Gasteiger charge is 2.38. The van der Waals surface area contributed by atoms with Gasteiger partial charge in [0.25, 0.3) is 0 Å². The molecule has 1 aromatic rings. The molecule has 0 aromatic heterocycles. The van der Waals surface area contributed by atoms with Gasteiger partial charge in [0, 0.05) is 22.5 Å². The van der Waals surface area contributed by atoms with Crippen LogP contribution in [0.4, 0.5) is 8.78 Å². The number of fused-ring (bicyclic) bond motifs is 2. The number of hydrogen-bond acceptors (Lipinski definition) is 2. The first-order valence-electron chi connectivity index (χ1n) is 6.70.